The van der Waals surface area contributed by atoms with Gasteiger partial charge in [-0.05, 0) is 19.3 Å². The van der Waals surface area contributed by atoms with Crippen molar-refractivity contribution < 1.29 is 9.63 Å². The van der Waals surface area contributed by atoms with Crippen molar-refractivity contribution in [2.75, 3.05) is 13.1 Å². The van der Waals surface area contributed by atoms with E-state index in [1.165, 1.54) is 12.8 Å². The fourth-order valence-electron chi connectivity index (χ4n) is 3.47. The van der Waals surface area contributed by atoms with Crippen molar-refractivity contribution in [3.63, 3.8) is 0 Å². The summed E-state index contributed by atoms with van der Waals surface area (Å²) in [4.78, 5) is 6.71. The molecule has 106 valence electrons. The Labute approximate surface area is 114 Å². The van der Waals surface area contributed by atoms with Gasteiger partial charge in [0.1, 0.15) is 0 Å². The highest BCUT2D eigenvalue weighted by Gasteiger charge is 2.42. The molecule has 0 radical (unpaired) electrons. The summed E-state index contributed by atoms with van der Waals surface area (Å²) in [7, 11) is 0. The molecule has 1 aliphatic heterocycles. The van der Waals surface area contributed by atoms with Crippen LogP contribution < -0.4 is 0 Å². The molecule has 0 aromatic carbocycles. The summed E-state index contributed by atoms with van der Waals surface area (Å²) < 4.78 is 5.25. The Bertz CT molecular complexity index is 434. The van der Waals surface area contributed by atoms with Crippen LogP contribution in [0.3, 0.4) is 0 Å². The summed E-state index contributed by atoms with van der Waals surface area (Å²) in [5.74, 6) is 1.91. The maximum atomic E-state index is 10.6. The summed E-state index contributed by atoms with van der Waals surface area (Å²) in [6.45, 7) is 4.63. The van der Waals surface area contributed by atoms with Gasteiger partial charge < -0.3 is 9.63 Å². The minimum Gasteiger partial charge on any atom is -0.390 e. The highest BCUT2D eigenvalue weighted by molar-refractivity contribution is 4.96. The van der Waals surface area contributed by atoms with Crippen LogP contribution in [0.25, 0.3) is 0 Å². The molecular formula is C14H23N3O2. The van der Waals surface area contributed by atoms with Gasteiger partial charge in [0.15, 0.2) is 5.82 Å². The van der Waals surface area contributed by atoms with Gasteiger partial charge in [0.05, 0.1) is 12.1 Å². The lowest BCUT2D eigenvalue weighted by Gasteiger charge is -2.47. The summed E-state index contributed by atoms with van der Waals surface area (Å²) in [5.41, 5.74) is -0.405. The van der Waals surface area contributed by atoms with Crippen LogP contribution in [0.15, 0.2) is 4.52 Å². The molecule has 1 aromatic heterocycles. The zero-order valence-corrected chi connectivity index (χ0v) is 11.6. The molecule has 0 spiro atoms. The van der Waals surface area contributed by atoms with Crippen molar-refractivity contribution in [3.8, 4) is 0 Å². The second-order valence-electron chi connectivity index (χ2n) is 5.99. The maximum absolute atomic E-state index is 10.6. The normalized spacial score (nSPS) is 32.2. The topological polar surface area (TPSA) is 62.4 Å². The molecule has 3 rings (SSSR count). The maximum Gasteiger partial charge on any atom is 0.240 e. The van der Waals surface area contributed by atoms with E-state index in [-0.39, 0.29) is 0 Å². The molecule has 2 aliphatic rings. The van der Waals surface area contributed by atoms with Crippen LogP contribution in [-0.4, -0.2) is 38.8 Å². The van der Waals surface area contributed by atoms with E-state index < -0.39 is 5.60 Å². The fraction of sp³-hybridized carbons (Fsp3) is 0.857. The molecule has 19 heavy (non-hydrogen) atoms. The third kappa shape index (κ3) is 2.67. The quantitative estimate of drug-likeness (QED) is 0.902. The second kappa shape index (κ2) is 5.21. The van der Waals surface area contributed by atoms with E-state index in [4.69, 9.17) is 4.52 Å². The molecule has 2 unspecified atom stereocenters. The molecule has 1 N–H and O–H groups in total. The van der Waals surface area contributed by atoms with Crippen molar-refractivity contribution in [1.82, 2.24) is 15.0 Å². The first-order valence-electron chi connectivity index (χ1n) is 7.46. The van der Waals surface area contributed by atoms with Crippen molar-refractivity contribution >= 4 is 0 Å². The van der Waals surface area contributed by atoms with Gasteiger partial charge in [-0.2, -0.15) is 4.98 Å². The fourth-order valence-corrected chi connectivity index (χ4v) is 3.47. The number of aromatic nitrogens is 2. The van der Waals surface area contributed by atoms with E-state index in [1.54, 1.807) is 0 Å². The molecular weight excluding hydrogens is 242 g/mol. The van der Waals surface area contributed by atoms with Gasteiger partial charge >= 0.3 is 0 Å². The first-order valence-corrected chi connectivity index (χ1v) is 7.46. The van der Waals surface area contributed by atoms with Crippen LogP contribution in [0, 0.1) is 5.92 Å². The van der Waals surface area contributed by atoms with Gasteiger partial charge in [-0.3, -0.25) is 4.90 Å². The Balaban J connectivity index is 1.61. The van der Waals surface area contributed by atoms with Gasteiger partial charge in [-0.25, -0.2) is 0 Å². The van der Waals surface area contributed by atoms with Crippen LogP contribution >= 0.6 is 0 Å². The molecule has 5 nitrogen and oxygen atoms in total. The Kier molecular flexibility index (Phi) is 3.58. The number of likely N-dealkylation sites (tertiary alicyclic amines) is 1. The number of fused-ring (bicyclic) bond motifs is 1. The van der Waals surface area contributed by atoms with E-state index in [2.05, 4.69) is 15.0 Å². The lowest BCUT2D eigenvalue weighted by molar-refractivity contribution is -0.0979. The molecule has 2 heterocycles. The van der Waals surface area contributed by atoms with E-state index >= 15 is 0 Å². The molecule has 1 saturated heterocycles. The number of aryl methyl sites for hydroxylation is 1. The minimum absolute atomic E-state index is 0.405. The Morgan fingerprint density at radius 3 is 3.11 bits per heavy atom. The van der Waals surface area contributed by atoms with Crippen molar-refractivity contribution in [2.24, 2.45) is 5.92 Å². The lowest BCUT2D eigenvalue weighted by Crippen LogP contribution is -2.52. The molecule has 1 aliphatic carbocycles. The SMILES string of the molecule is CCc1noc(CN2CCC3(O)CCCCC3C2)n1. The monoisotopic (exact) mass is 265 g/mol. The van der Waals surface area contributed by atoms with E-state index in [1.807, 2.05) is 6.92 Å². The van der Waals surface area contributed by atoms with Gasteiger partial charge in [0.2, 0.25) is 5.89 Å². The van der Waals surface area contributed by atoms with Crippen molar-refractivity contribution in [1.29, 1.82) is 0 Å². The largest absolute Gasteiger partial charge is 0.390 e. The molecule has 2 atom stereocenters. The number of aliphatic hydroxyl groups is 1. The van der Waals surface area contributed by atoms with Crippen LogP contribution in [0.4, 0.5) is 0 Å². The van der Waals surface area contributed by atoms with Gasteiger partial charge in [-0.15, -0.1) is 0 Å². The lowest BCUT2D eigenvalue weighted by atomic mass is 9.71. The standard InChI is InChI=1S/C14H23N3O2/c1-2-12-15-13(19-16-12)10-17-8-7-14(18)6-4-3-5-11(14)9-17/h11,18H,2-10H2,1H3. The van der Waals surface area contributed by atoms with Gasteiger partial charge in [0, 0.05) is 25.4 Å². The van der Waals surface area contributed by atoms with Gasteiger partial charge in [-0.1, -0.05) is 24.9 Å². The zero-order chi connectivity index (χ0) is 13.3. The zero-order valence-electron chi connectivity index (χ0n) is 11.6. The first kappa shape index (κ1) is 13.1. The smallest absolute Gasteiger partial charge is 0.240 e. The number of hydrogen-bond donors (Lipinski definition) is 1. The molecule has 0 bridgehead atoms. The summed E-state index contributed by atoms with van der Waals surface area (Å²) in [6.07, 6.45) is 6.25. The van der Waals surface area contributed by atoms with Crippen LogP contribution in [0.1, 0.15) is 50.7 Å². The van der Waals surface area contributed by atoms with Crippen LogP contribution in [0.2, 0.25) is 0 Å². The third-order valence-corrected chi connectivity index (χ3v) is 4.70. The molecule has 5 heteroatoms. The highest BCUT2D eigenvalue weighted by atomic mass is 16.5. The second-order valence-corrected chi connectivity index (χ2v) is 5.99. The summed E-state index contributed by atoms with van der Waals surface area (Å²) in [5, 5.41) is 14.6. The van der Waals surface area contributed by atoms with Crippen molar-refractivity contribution in [3.05, 3.63) is 11.7 Å². The highest BCUT2D eigenvalue weighted by Crippen LogP contribution is 2.39. The predicted octanol–water partition coefficient (Wildman–Crippen LogP) is 1.76. The minimum atomic E-state index is -0.405. The Hall–Kier alpha value is -0.940. The number of rotatable bonds is 3. The number of piperidine rings is 1. The number of hydrogen-bond acceptors (Lipinski definition) is 5. The Morgan fingerprint density at radius 2 is 2.32 bits per heavy atom. The third-order valence-electron chi connectivity index (χ3n) is 4.70. The first-order chi connectivity index (χ1) is 9.19. The molecule has 0 amide bonds. The molecule has 1 aromatic rings. The van der Waals surface area contributed by atoms with Crippen molar-refractivity contribution in [2.45, 2.75) is 57.6 Å². The Morgan fingerprint density at radius 1 is 1.42 bits per heavy atom. The summed E-state index contributed by atoms with van der Waals surface area (Å²) >= 11 is 0. The average Bonchev–Trinajstić information content (AvgIpc) is 2.87. The average molecular weight is 265 g/mol. The number of nitrogens with zero attached hydrogens (tertiary/aromatic N) is 3. The van der Waals surface area contributed by atoms with E-state index in [0.717, 1.165) is 51.1 Å². The molecule has 2 fully saturated rings. The van der Waals surface area contributed by atoms with Crippen LogP contribution in [-0.2, 0) is 13.0 Å². The predicted molar refractivity (Wildman–Crippen MR) is 70.5 cm³/mol. The van der Waals surface area contributed by atoms with E-state index in [9.17, 15) is 5.11 Å². The van der Waals surface area contributed by atoms with Crippen LogP contribution in [0.5, 0.6) is 0 Å². The molecule has 1 saturated carbocycles. The van der Waals surface area contributed by atoms with E-state index in [0.29, 0.717) is 11.8 Å². The van der Waals surface area contributed by atoms with Gasteiger partial charge in [0.25, 0.3) is 0 Å². The summed E-state index contributed by atoms with van der Waals surface area (Å²) in [6, 6.07) is 0.